The van der Waals surface area contributed by atoms with Gasteiger partial charge in [0.25, 0.3) is 5.91 Å². The maximum absolute atomic E-state index is 11.9. The van der Waals surface area contributed by atoms with Crippen molar-refractivity contribution in [1.29, 1.82) is 0 Å². The van der Waals surface area contributed by atoms with Gasteiger partial charge in [-0.3, -0.25) is 9.59 Å². The summed E-state index contributed by atoms with van der Waals surface area (Å²) in [4.78, 5) is 23.6. The number of anilines is 1. The maximum atomic E-state index is 11.9. The minimum absolute atomic E-state index is 0.0378. The fourth-order valence-electron chi connectivity index (χ4n) is 2.17. The molecule has 2 fully saturated rings. The summed E-state index contributed by atoms with van der Waals surface area (Å²) in [6, 6.07) is 4.41. The average Bonchev–Trinajstić information content (AvgIpc) is 3.15. The summed E-state index contributed by atoms with van der Waals surface area (Å²) >= 11 is 6.05. The first kappa shape index (κ1) is 14.3. The molecule has 8 heteroatoms. The molecule has 6 nitrogen and oxygen atoms in total. The Morgan fingerprint density at radius 1 is 1.33 bits per heavy atom. The van der Waals surface area contributed by atoms with Crippen LogP contribution in [0.4, 0.5) is 5.69 Å². The summed E-state index contributed by atoms with van der Waals surface area (Å²) < 4.78 is 24.4. The van der Waals surface area contributed by atoms with Gasteiger partial charge in [-0.25, -0.2) is 12.7 Å². The van der Waals surface area contributed by atoms with Crippen LogP contribution in [0.5, 0.6) is 0 Å². The molecule has 1 N–H and O–H groups in total. The van der Waals surface area contributed by atoms with Crippen molar-refractivity contribution in [2.75, 3.05) is 10.1 Å². The van der Waals surface area contributed by atoms with E-state index in [1.54, 1.807) is 0 Å². The van der Waals surface area contributed by atoms with Gasteiger partial charge < -0.3 is 5.32 Å². The first-order valence-electron chi connectivity index (χ1n) is 6.55. The fraction of sp³-hybridized carbons (Fsp3) is 0.385. The van der Waals surface area contributed by atoms with Crippen LogP contribution >= 0.6 is 11.6 Å². The smallest absolute Gasteiger partial charge is 0.253 e. The van der Waals surface area contributed by atoms with E-state index in [-0.39, 0.29) is 40.4 Å². The normalized spacial score (nSPS) is 20.6. The van der Waals surface area contributed by atoms with Crippen molar-refractivity contribution in [2.45, 2.75) is 25.3 Å². The third kappa shape index (κ3) is 2.75. The lowest BCUT2D eigenvalue weighted by Crippen LogP contribution is -2.29. The van der Waals surface area contributed by atoms with Crippen molar-refractivity contribution in [1.82, 2.24) is 5.32 Å². The Balaban J connectivity index is 1.90. The van der Waals surface area contributed by atoms with E-state index in [2.05, 4.69) is 5.32 Å². The first-order chi connectivity index (χ1) is 9.88. The molecule has 112 valence electrons. The molecule has 1 heterocycles. The molecule has 0 spiro atoms. The Morgan fingerprint density at radius 3 is 2.57 bits per heavy atom. The molecule has 21 heavy (non-hydrogen) atoms. The van der Waals surface area contributed by atoms with E-state index >= 15 is 0 Å². The van der Waals surface area contributed by atoms with Crippen LogP contribution in [0.3, 0.4) is 0 Å². The Labute approximate surface area is 127 Å². The number of nitrogens with zero attached hydrogens (tertiary/aromatic N) is 1. The van der Waals surface area contributed by atoms with Crippen molar-refractivity contribution in [3.8, 4) is 0 Å². The second-order valence-electron chi connectivity index (χ2n) is 5.14. The first-order valence-corrected chi connectivity index (χ1v) is 8.53. The van der Waals surface area contributed by atoms with Gasteiger partial charge in [0.15, 0.2) is 0 Å². The number of carbonyl (C=O) groups is 2. The van der Waals surface area contributed by atoms with Gasteiger partial charge in [-0.15, -0.1) is 0 Å². The topological polar surface area (TPSA) is 83.6 Å². The van der Waals surface area contributed by atoms with Crippen molar-refractivity contribution in [3.63, 3.8) is 0 Å². The molecule has 1 saturated carbocycles. The number of rotatable bonds is 3. The Hall–Kier alpha value is -1.60. The lowest BCUT2D eigenvalue weighted by molar-refractivity contribution is -0.116. The molecule has 2 amide bonds. The largest absolute Gasteiger partial charge is 0.349 e. The van der Waals surface area contributed by atoms with E-state index in [0.29, 0.717) is 0 Å². The zero-order valence-corrected chi connectivity index (χ0v) is 12.6. The van der Waals surface area contributed by atoms with E-state index in [9.17, 15) is 18.0 Å². The molecule has 1 aromatic rings. The Kier molecular flexibility index (Phi) is 3.41. The second kappa shape index (κ2) is 4.99. The summed E-state index contributed by atoms with van der Waals surface area (Å²) in [5, 5.41) is 2.93. The van der Waals surface area contributed by atoms with Crippen molar-refractivity contribution in [2.24, 2.45) is 0 Å². The molecular weight excluding hydrogens is 316 g/mol. The zero-order valence-electron chi connectivity index (χ0n) is 11.0. The molecule has 0 aromatic heterocycles. The lowest BCUT2D eigenvalue weighted by Gasteiger charge is -2.16. The van der Waals surface area contributed by atoms with Crippen LogP contribution in [-0.4, -0.2) is 32.0 Å². The molecule has 0 atom stereocenters. The van der Waals surface area contributed by atoms with Gasteiger partial charge in [-0.1, -0.05) is 11.6 Å². The van der Waals surface area contributed by atoms with Crippen LogP contribution in [0, 0.1) is 0 Å². The quantitative estimate of drug-likeness (QED) is 0.906. The van der Waals surface area contributed by atoms with Crippen LogP contribution in [-0.2, 0) is 14.8 Å². The molecular formula is C13H13ClN2O4S. The Morgan fingerprint density at radius 2 is 2.05 bits per heavy atom. The number of carbonyl (C=O) groups excluding carboxylic acids is 2. The number of benzene rings is 1. The second-order valence-corrected chi connectivity index (χ2v) is 7.48. The van der Waals surface area contributed by atoms with Gasteiger partial charge in [0, 0.05) is 12.5 Å². The average molecular weight is 329 g/mol. The molecule has 0 radical (unpaired) electrons. The van der Waals surface area contributed by atoms with Crippen LogP contribution in [0.15, 0.2) is 18.2 Å². The highest BCUT2D eigenvalue weighted by molar-refractivity contribution is 7.94. The van der Waals surface area contributed by atoms with Crippen LogP contribution < -0.4 is 9.62 Å². The summed E-state index contributed by atoms with van der Waals surface area (Å²) in [6.07, 6.45) is 1.88. The molecule has 1 saturated heterocycles. The van der Waals surface area contributed by atoms with E-state index in [1.165, 1.54) is 18.2 Å². The van der Waals surface area contributed by atoms with Crippen LogP contribution in [0.2, 0.25) is 5.02 Å². The van der Waals surface area contributed by atoms with Gasteiger partial charge in [0.05, 0.1) is 22.0 Å². The van der Waals surface area contributed by atoms with Gasteiger partial charge in [-0.05, 0) is 31.0 Å². The maximum Gasteiger partial charge on any atom is 0.253 e. The summed E-state index contributed by atoms with van der Waals surface area (Å²) in [5.74, 6) is -0.973. The van der Waals surface area contributed by atoms with E-state index in [0.717, 1.165) is 17.1 Å². The standard InChI is InChI=1S/C13H13ClN2O4S/c14-11-7-9(16-12(17)5-6-21(16,19)20)3-4-10(11)13(18)15-8-1-2-8/h3-4,7-8H,1-2,5-6H2,(H,15,18). The van der Waals surface area contributed by atoms with E-state index < -0.39 is 15.9 Å². The van der Waals surface area contributed by atoms with Gasteiger partial charge in [0.1, 0.15) is 0 Å². The summed E-state index contributed by atoms with van der Waals surface area (Å²) in [5.41, 5.74) is 0.446. The predicted octanol–water partition coefficient (Wildman–Crippen LogP) is 1.30. The number of amides is 2. The predicted molar refractivity (Wildman–Crippen MR) is 77.8 cm³/mol. The fourth-order valence-corrected chi connectivity index (χ4v) is 3.89. The van der Waals surface area contributed by atoms with Crippen molar-refractivity contribution >= 4 is 39.1 Å². The minimum atomic E-state index is -3.62. The highest BCUT2D eigenvalue weighted by atomic mass is 35.5. The number of sulfonamides is 1. The minimum Gasteiger partial charge on any atom is -0.349 e. The van der Waals surface area contributed by atoms with E-state index in [1.807, 2.05) is 0 Å². The van der Waals surface area contributed by atoms with Crippen LogP contribution in [0.1, 0.15) is 29.6 Å². The molecule has 0 unspecified atom stereocenters. The molecule has 3 rings (SSSR count). The van der Waals surface area contributed by atoms with E-state index in [4.69, 9.17) is 11.6 Å². The van der Waals surface area contributed by atoms with Crippen molar-refractivity contribution < 1.29 is 18.0 Å². The molecule has 1 aliphatic heterocycles. The zero-order chi connectivity index (χ0) is 15.2. The molecule has 2 aliphatic rings. The monoisotopic (exact) mass is 328 g/mol. The number of halogens is 1. The Bertz CT molecular complexity index is 728. The lowest BCUT2D eigenvalue weighted by atomic mass is 10.2. The third-order valence-electron chi connectivity index (χ3n) is 3.42. The highest BCUT2D eigenvalue weighted by Crippen LogP contribution is 2.30. The molecule has 0 bridgehead atoms. The summed E-state index contributed by atoms with van der Waals surface area (Å²) in [7, 11) is -3.62. The number of hydrogen-bond acceptors (Lipinski definition) is 4. The highest BCUT2D eigenvalue weighted by Gasteiger charge is 2.36. The third-order valence-corrected chi connectivity index (χ3v) is 5.43. The molecule has 1 aromatic carbocycles. The van der Waals surface area contributed by atoms with Gasteiger partial charge in [-0.2, -0.15) is 0 Å². The molecule has 1 aliphatic carbocycles. The van der Waals surface area contributed by atoms with Gasteiger partial charge >= 0.3 is 0 Å². The summed E-state index contributed by atoms with van der Waals surface area (Å²) in [6.45, 7) is 0. The SMILES string of the molecule is O=C(NC1CC1)c1ccc(N2C(=O)CCS2(=O)=O)cc1Cl. The van der Waals surface area contributed by atoms with Gasteiger partial charge in [0.2, 0.25) is 15.9 Å². The van der Waals surface area contributed by atoms with Crippen LogP contribution in [0.25, 0.3) is 0 Å². The van der Waals surface area contributed by atoms with Crippen molar-refractivity contribution in [3.05, 3.63) is 28.8 Å². The number of nitrogens with one attached hydrogen (secondary N) is 1. The number of hydrogen-bond donors (Lipinski definition) is 1.